The molecule has 0 amide bonds. The number of nitrogens with one attached hydrogen (secondary N) is 2. The number of rotatable bonds is 6. The van der Waals surface area contributed by atoms with Gasteiger partial charge >= 0.3 is 5.97 Å². The molecule has 0 unspecified atom stereocenters. The lowest BCUT2D eigenvalue weighted by atomic mass is 9.98. The number of hydrazine groups is 1. The topological polar surface area (TPSA) is 139 Å². The van der Waals surface area contributed by atoms with E-state index in [1.807, 2.05) is 23.6 Å². The summed E-state index contributed by atoms with van der Waals surface area (Å²) >= 11 is 0. The van der Waals surface area contributed by atoms with Crippen LogP contribution in [0.1, 0.15) is 57.6 Å². The van der Waals surface area contributed by atoms with E-state index < -0.39 is 5.97 Å². The summed E-state index contributed by atoms with van der Waals surface area (Å²) in [6.07, 6.45) is 5.23. The highest BCUT2D eigenvalue weighted by molar-refractivity contribution is 5.86. The minimum atomic E-state index is -1.22. The molecule has 1 heterocycles. The van der Waals surface area contributed by atoms with E-state index in [9.17, 15) is 4.79 Å². The molecule has 7 N–H and O–H groups in total. The Morgan fingerprint density at radius 2 is 1.90 bits per heavy atom. The molecule has 1 saturated carbocycles. The summed E-state index contributed by atoms with van der Waals surface area (Å²) in [4.78, 5) is 10.7. The molecule has 0 radical (unpaired) electrons. The predicted octanol–water partition coefficient (Wildman–Crippen LogP) is 3.21. The van der Waals surface area contributed by atoms with Gasteiger partial charge in [-0.1, -0.05) is 50.6 Å². The van der Waals surface area contributed by atoms with Crippen LogP contribution in [-0.2, 0) is 9.53 Å². The fraction of sp³-hybridized carbons (Fsp3) is 0.429. The van der Waals surface area contributed by atoms with Crippen molar-refractivity contribution in [3.63, 3.8) is 0 Å². The van der Waals surface area contributed by atoms with Gasteiger partial charge in [-0.2, -0.15) is 5.10 Å². The Kier molecular flexibility index (Phi) is 8.54. The van der Waals surface area contributed by atoms with Gasteiger partial charge < -0.3 is 21.0 Å². The minimum absolute atomic E-state index is 0.0152. The maximum Gasteiger partial charge on any atom is 0.358 e. The molecule has 29 heavy (non-hydrogen) atoms. The minimum Gasteiger partial charge on any atom is -0.476 e. The average Bonchev–Trinajstić information content (AvgIpc) is 3.21. The van der Waals surface area contributed by atoms with Crippen LogP contribution < -0.4 is 17.0 Å². The number of aliphatic carboxylic acids is 1. The van der Waals surface area contributed by atoms with Crippen LogP contribution in [0.25, 0.3) is 11.3 Å². The zero-order valence-electron chi connectivity index (χ0n) is 17.0. The Labute approximate surface area is 171 Å². The van der Waals surface area contributed by atoms with Crippen molar-refractivity contribution in [2.24, 2.45) is 11.6 Å². The Bertz CT molecular complexity index is 796. The molecule has 2 aromatic rings. The number of ether oxygens (including phenoxy) is 1. The van der Waals surface area contributed by atoms with E-state index in [-0.39, 0.29) is 17.7 Å². The molecule has 1 aliphatic rings. The van der Waals surface area contributed by atoms with Crippen LogP contribution in [0.2, 0.25) is 0 Å². The summed E-state index contributed by atoms with van der Waals surface area (Å²) < 4.78 is 5.34. The first-order valence-electron chi connectivity index (χ1n) is 9.89. The number of hydrogen-bond acceptors (Lipinski definition) is 6. The molecule has 8 nitrogen and oxygen atoms in total. The van der Waals surface area contributed by atoms with Gasteiger partial charge in [0.1, 0.15) is 6.10 Å². The number of carboxylic acid groups (broad SMARTS) is 1. The molecule has 0 saturated heterocycles. The van der Waals surface area contributed by atoms with Crippen LogP contribution in [-0.4, -0.2) is 27.4 Å². The molecule has 0 atom stereocenters. The molecule has 8 heteroatoms. The summed E-state index contributed by atoms with van der Waals surface area (Å²) in [5.74, 6) is 4.17. The van der Waals surface area contributed by atoms with E-state index >= 15 is 0 Å². The molecule has 158 valence electrons. The lowest BCUT2D eigenvalue weighted by Gasteiger charge is -2.23. The first kappa shape index (κ1) is 22.3. The number of hydrogen-bond donors (Lipinski definition) is 5. The second-order valence-corrected chi connectivity index (χ2v) is 7.30. The van der Waals surface area contributed by atoms with E-state index in [1.54, 1.807) is 0 Å². The van der Waals surface area contributed by atoms with Crippen molar-refractivity contribution >= 4 is 5.97 Å². The van der Waals surface area contributed by atoms with E-state index in [4.69, 9.17) is 21.4 Å². The molecule has 1 aliphatic carbocycles. The Balaban J connectivity index is 0.000000207. The quantitative estimate of drug-likeness (QED) is 0.217. The molecule has 1 fully saturated rings. The second-order valence-electron chi connectivity index (χ2n) is 7.30. The van der Waals surface area contributed by atoms with Crippen molar-refractivity contribution in [3.8, 4) is 11.3 Å². The Hall–Kier alpha value is -3.00. The van der Waals surface area contributed by atoms with Crippen LogP contribution in [0.15, 0.2) is 48.0 Å². The average molecular weight is 402 g/mol. The lowest BCUT2D eigenvalue weighted by Crippen LogP contribution is -2.32. The standard InChI is InChI=1S/C12H14N2.C9H17N3O3/c1-9(2)11-8-12(14-13-11)10-6-4-3-5-7-10;10-8(7(12-11)9(13)14)15-6-4-2-1-3-5-6/h3-9H,1-2H3,(H,13,14);6,12H,1-5,10-11H2,(H,13,14)/b;8-7+. The largest absolute Gasteiger partial charge is 0.476 e. The second kappa shape index (κ2) is 11.1. The Morgan fingerprint density at radius 3 is 2.41 bits per heavy atom. The van der Waals surface area contributed by atoms with E-state index in [2.05, 4.69) is 42.2 Å². The number of carbonyl (C=O) groups is 1. The van der Waals surface area contributed by atoms with Crippen LogP contribution in [0, 0.1) is 0 Å². The van der Waals surface area contributed by atoms with Crippen molar-refractivity contribution < 1.29 is 14.6 Å². The number of H-pyrrole nitrogens is 1. The molecule has 0 spiro atoms. The number of aromatic nitrogens is 2. The van der Waals surface area contributed by atoms with Gasteiger partial charge in [0.2, 0.25) is 5.88 Å². The highest BCUT2D eigenvalue weighted by Gasteiger charge is 2.19. The monoisotopic (exact) mass is 401 g/mol. The van der Waals surface area contributed by atoms with Gasteiger partial charge in [0, 0.05) is 11.3 Å². The highest BCUT2D eigenvalue weighted by Crippen LogP contribution is 2.22. The lowest BCUT2D eigenvalue weighted by molar-refractivity contribution is -0.133. The van der Waals surface area contributed by atoms with Crippen molar-refractivity contribution in [2.45, 2.75) is 58.0 Å². The van der Waals surface area contributed by atoms with Gasteiger partial charge in [-0.25, -0.2) is 4.79 Å². The third-order valence-corrected chi connectivity index (χ3v) is 4.74. The third-order valence-electron chi connectivity index (χ3n) is 4.74. The summed E-state index contributed by atoms with van der Waals surface area (Å²) in [7, 11) is 0. The summed E-state index contributed by atoms with van der Waals surface area (Å²) in [5.41, 5.74) is 10.6. The number of carboxylic acids is 1. The van der Waals surface area contributed by atoms with Crippen molar-refractivity contribution in [3.05, 3.63) is 53.7 Å². The first-order valence-corrected chi connectivity index (χ1v) is 9.89. The van der Waals surface area contributed by atoms with Gasteiger partial charge in [-0.15, -0.1) is 0 Å². The number of benzene rings is 1. The zero-order valence-corrected chi connectivity index (χ0v) is 17.0. The number of nitrogens with zero attached hydrogens (tertiary/aromatic N) is 1. The van der Waals surface area contributed by atoms with Crippen LogP contribution >= 0.6 is 0 Å². The molecule has 0 aliphatic heterocycles. The normalized spacial score (nSPS) is 15.2. The fourth-order valence-electron chi connectivity index (χ4n) is 3.05. The van der Waals surface area contributed by atoms with Gasteiger partial charge in [0.15, 0.2) is 5.70 Å². The first-order chi connectivity index (χ1) is 13.9. The highest BCUT2D eigenvalue weighted by atomic mass is 16.5. The molecule has 1 aromatic carbocycles. The molecule has 1 aromatic heterocycles. The molecular weight excluding hydrogens is 370 g/mol. The number of nitrogens with two attached hydrogens (primary N) is 2. The van der Waals surface area contributed by atoms with Crippen molar-refractivity contribution in [1.29, 1.82) is 0 Å². The third kappa shape index (κ3) is 6.83. The summed E-state index contributed by atoms with van der Waals surface area (Å²) in [6, 6.07) is 12.3. The molecule has 0 bridgehead atoms. The predicted molar refractivity (Wildman–Crippen MR) is 112 cm³/mol. The zero-order chi connectivity index (χ0) is 21.2. The van der Waals surface area contributed by atoms with Crippen molar-refractivity contribution in [1.82, 2.24) is 15.6 Å². The van der Waals surface area contributed by atoms with Crippen molar-refractivity contribution in [2.75, 3.05) is 0 Å². The van der Waals surface area contributed by atoms with Gasteiger partial charge in [0.25, 0.3) is 0 Å². The summed E-state index contributed by atoms with van der Waals surface area (Å²) in [5, 5.41) is 16.0. The summed E-state index contributed by atoms with van der Waals surface area (Å²) in [6.45, 7) is 4.31. The van der Waals surface area contributed by atoms with Crippen LogP contribution in [0.4, 0.5) is 0 Å². The van der Waals surface area contributed by atoms with Gasteiger partial charge in [-0.3, -0.25) is 10.9 Å². The van der Waals surface area contributed by atoms with Gasteiger partial charge in [-0.05, 0) is 37.7 Å². The van der Waals surface area contributed by atoms with E-state index in [0.29, 0.717) is 5.92 Å². The van der Waals surface area contributed by atoms with Crippen LogP contribution in [0.5, 0.6) is 0 Å². The Morgan fingerprint density at radius 1 is 1.24 bits per heavy atom. The smallest absolute Gasteiger partial charge is 0.358 e. The van der Waals surface area contributed by atoms with E-state index in [1.165, 1.54) is 12.1 Å². The fourth-order valence-corrected chi connectivity index (χ4v) is 3.05. The maximum atomic E-state index is 10.7. The van der Waals surface area contributed by atoms with E-state index in [0.717, 1.165) is 36.9 Å². The number of aromatic amines is 1. The molecule has 3 rings (SSSR count). The van der Waals surface area contributed by atoms with Crippen LogP contribution in [0.3, 0.4) is 0 Å². The SMILES string of the molecule is CC(C)c1cc(-c2ccccc2)n[nH]1.NN/C(C(=O)O)=C(\N)OC1CCCCC1. The van der Waals surface area contributed by atoms with Gasteiger partial charge in [0.05, 0.1) is 5.69 Å². The maximum absolute atomic E-state index is 10.7. The molecular formula is C21H31N5O3.